The first-order chi connectivity index (χ1) is 24.8. The van der Waals surface area contributed by atoms with Gasteiger partial charge in [-0.05, 0) is 113 Å². The molecule has 8 nitrogen and oxygen atoms in total. The van der Waals surface area contributed by atoms with Crippen molar-refractivity contribution < 1.29 is 23.2 Å². The highest BCUT2D eigenvalue weighted by atomic mass is 28.3. The third kappa shape index (κ3) is 9.65. The Kier molecular flexibility index (Phi) is 11.8. The van der Waals surface area contributed by atoms with Gasteiger partial charge in [0.25, 0.3) is 0 Å². The Bertz CT molecular complexity index is 1720. The lowest BCUT2D eigenvalue weighted by atomic mass is 9.85. The van der Waals surface area contributed by atoms with Gasteiger partial charge in [0, 0.05) is 25.0 Å². The minimum absolute atomic E-state index is 0.00539. The Morgan fingerprint density at radius 2 is 1.58 bits per heavy atom. The van der Waals surface area contributed by atoms with E-state index < -0.39 is 14.6 Å². The Labute approximate surface area is 312 Å². The topological polar surface area (TPSA) is 77.3 Å². The molecule has 3 aromatic carbocycles. The number of rotatable bonds is 13. The summed E-state index contributed by atoms with van der Waals surface area (Å²) in [6.07, 6.45) is 4.83. The van der Waals surface area contributed by atoms with Crippen LogP contribution in [0.5, 0.6) is 5.75 Å². The summed E-state index contributed by atoms with van der Waals surface area (Å²) < 4.78 is 25.6. The Balaban J connectivity index is 1.10. The molecule has 1 aromatic heterocycles. The molecule has 4 aromatic rings. The van der Waals surface area contributed by atoms with E-state index in [-0.39, 0.29) is 17.6 Å². The van der Waals surface area contributed by atoms with Crippen LogP contribution in [0.4, 0.5) is 4.79 Å². The molecule has 0 radical (unpaired) electrons. The molecule has 1 saturated carbocycles. The molecule has 9 heteroatoms. The van der Waals surface area contributed by atoms with Crippen LogP contribution in [0.25, 0.3) is 11.0 Å². The van der Waals surface area contributed by atoms with Crippen LogP contribution in [0, 0.1) is 23.2 Å². The number of aromatic nitrogens is 1. The van der Waals surface area contributed by atoms with Crippen LogP contribution >= 0.6 is 0 Å². The summed E-state index contributed by atoms with van der Waals surface area (Å²) in [6.45, 7) is 15.5. The van der Waals surface area contributed by atoms with Gasteiger partial charge in [-0.25, -0.2) is 4.79 Å². The molecule has 0 bridgehead atoms. The van der Waals surface area contributed by atoms with Crippen molar-refractivity contribution in [2.45, 2.75) is 91.9 Å². The fourth-order valence-electron chi connectivity index (χ4n) is 7.67. The Morgan fingerprint density at radius 3 is 2.15 bits per heavy atom. The molecule has 52 heavy (non-hydrogen) atoms. The molecule has 1 amide bonds. The van der Waals surface area contributed by atoms with Gasteiger partial charge in [0.05, 0.1) is 24.0 Å². The average Bonchev–Trinajstić information content (AvgIpc) is 3.74. The summed E-state index contributed by atoms with van der Waals surface area (Å²) >= 11 is 0. The number of ether oxygens (including phenoxy) is 2. The fraction of sp³-hybridized carbons (Fsp3) is 0.535. The number of fused-ring (bicyclic) bond motifs is 1. The second-order valence-corrected chi connectivity index (χ2v) is 19.7. The molecule has 3 unspecified atom stereocenters. The van der Waals surface area contributed by atoms with Crippen LogP contribution in [0.15, 0.2) is 77.3 Å². The first kappa shape index (κ1) is 38.1. The van der Waals surface area contributed by atoms with E-state index in [4.69, 9.17) is 18.4 Å². The van der Waals surface area contributed by atoms with E-state index in [1.54, 1.807) is 0 Å². The second kappa shape index (κ2) is 16.1. The van der Waals surface area contributed by atoms with Crippen molar-refractivity contribution in [1.82, 2.24) is 15.0 Å². The van der Waals surface area contributed by atoms with Crippen molar-refractivity contribution in [3.8, 4) is 5.75 Å². The van der Waals surface area contributed by atoms with Crippen molar-refractivity contribution in [3.63, 3.8) is 0 Å². The lowest BCUT2D eigenvalue weighted by Gasteiger charge is -2.35. The van der Waals surface area contributed by atoms with E-state index in [9.17, 15) is 4.79 Å². The van der Waals surface area contributed by atoms with Crippen LogP contribution in [-0.4, -0.2) is 75.6 Å². The molecule has 0 spiro atoms. The molecular weight excluding hydrogens is 667 g/mol. The third-order valence-electron chi connectivity index (χ3n) is 10.5. The van der Waals surface area contributed by atoms with Gasteiger partial charge >= 0.3 is 6.09 Å². The van der Waals surface area contributed by atoms with Crippen LogP contribution < -0.4 is 15.1 Å². The second-order valence-electron chi connectivity index (χ2n) is 17.3. The van der Waals surface area contributed by atoms with Gasteiger partial charge < -0.3 is 28.2 Å². The zero-order valence-corrected chi connectivity index (χ0v) is 33.7. The maximum absolute atomic E-state index is 12.5. The number of aryl methyl sites for hydroxylation is 1. The minimum atomic E-state index is -1.90. The predicted molar refractivity (Wildman–Crippen MR) is 211 cm³/mol. The van der Waals surface area contributed by atoms with E-state index in [2.05, 4.69) is 118 Å². The van der Waals surface area contributed by atoms with Crippen LogP contribution in [-0.2, 0) is 22.1 Å². The summed E-state index contributed by atoms with van der Waals surface area (Å²) in [6, 6.07) is 25.8. The summed E-state index contributed by atoms with van der Waals surface area (Å²) in [5.41, 5.74) is 2.39. The van der Waals surface area contributed by atoms with Gasteiger partial charge in [-0.15, -0.1) is 0 Å². The summed E-state index contributed by atoms with van der Waals surface area (Å²) in [4.78, 5) is 16.5. The molecule has 2 aliphatic rings. The third-order valence-corrected chi connectivity index (χ3v) is 13.0. The van der Waals surface area contributed by atoms with E-state index in [0.717, 1.165) is 73.2 Å². The quantitative estimate of drug-likeness (QED) is 0.133. The number of benzene rings is 3. The smallest absolute Gasteiger partial charge is 0.410 e. The van der Waals surface area contributed by atoms with Crippen molar-refractivity contribution >= 4 is 36.5 Å². The first-order valence-corrected chi connectivity index (χ1v) is 20.8. The lowest BCUT2D eigenvalue weighted by molar-refractivity contribution is 0.0181. The van der Waals surface area contributed by atoms with Gasteiger partial charge in [-0.3, -0.25) is 0 Å². The van der Waals surface area contributed by atoms with Crippen LogP contribution in [0.2, 0.25) is 0 Å². The van der Waals surface area contributed by atoms with Crippen molar-refractivity contribution in [3.05, 3.63) is 84.1 Å². The average molecular weight is 726 g/mol. The van der Waals surface area contributed by atoms with Crippen LogP contribution in [0.1, 0.15) is 78.5 Å². The first-order valence-electron chi connectivity index (χ1n) is 19.2. The van der Waals surface area contributed by atoms with Gasteiger partial charge in [-0.2, -0.15) is 0 Å². The number of likely N-dealkylation sites (tertiary alicyclic amines) is 1. The maximum Gasteiger partial charge on any atom is 0.410 e. The number of hydrogen-bond donors (Lipinski definition) is 0. The van der Waals surface area contributed by atoms with E-state index in [1.807, 2.05) is 25.7 Å². The zero-order chi connectivity index (χ0) is 37.0. The van der Waals surface area contributed by atoms with Crippen molar-refractivity contribution in [2.24, 2.45) is 23.2 Å². The molecule has 1 saturated heterocycles. The maximum atomic E-state index is 12.5. The molecule has 280 valence electrons. The van der Waals surface area contributed by atoms with E-state index in [0.29, 0.717) is 30.9 Å². The SMILES string of the molecule is CN(C)Cc1c(OCC2CC2C(O[SiH](c2ccccc2)c2ccccc2)C(C)(C)C)ccc2c(CCC3CCN(C(=O)OC(C)(C)C)CC3)noc12. The Hall–Kier alpha value is -3.66. The molecule has 1 aliphatic carbocycles. The molecule has 1 aliphatic heterocycles. The molecule has 6 rings (SSSR count). The van der Waals surface area contributed by atoms with Crippen molar-refractivity contribution in [2.75, 3.05) is 33.8 Å². The largest absolute Gasteiger partial charge is 0.493 e. The fourth-order valence-corrected chi connectivity index (χ4v) is 10.4. The monoisotopic (exact) mass is 725 g/mol. The van der Waals surface area contributed by atoms with Gasteiger partial charge in [0.2, 0.25) is 9.04 Å². The number of hydrogen-bond acceptors (Lipinski definition) is 7. The molecule has 2 heterocycles. The summed E-state index contributed by atoms with van der Waals surface area (Å²) in [5.74, 6) is 2.29. The molecule has 0 N–H and O–H groups in total. The highest BCUT2D eigenvalue weighted by molar-refractivity contribution is 6.80. The normalized spacial score (nSPS) is 19.0. The number of carbonyl (C=O) groups excluding carboxylic acids is 1. The summed E-state index contributed by atoms with van der Waals surface area (Å²) in [5, 5.41) is 8.27. The summed E-state index contributed by atoms with van der Waals surface area (Å²) in [7, 11) is 2.25. The highest BCUT2D eigenvalue weighted by Gasteiger charge is 2.49. The number of nitrogens with zero attached hydrogens (tertiary/aromatic N) is 3. The lowest BCUT2D eigenvalue weighted by Crippen LogP contribution is -2.50. The van der Waals surface area contributed by atoms with E-state index in [1.165, 1.54) is 10.4 Å². The molecule has 2 fully saturated rings. The highest BCUT2D eigenvalue weighted by Crippen LogP contribution is 2.48. The zero-order valence-electron chi connectivity index (χ0n) is 32.6. The van der Waals surface area contributed by atoms with Gasteiger partial charge in [-0.1, -0.05) is 86.6 Å². The van der Waals surface area contributed by atoms with Crippen LogP contribution in [0.3, 0.4) is 0 Å². The molecular formula is C43H59N3O5Si. The Morgan fingerprint density at radius 1 is 0.942 bits per heavy atom. The number of carbonyl (C=O) groups is 1. The van der Waals surface area contributed by atoms with Crippen molar-refractivity contribution in [1.29, 1.82) is 0 Å². The van der Waals surface area contributed by atoms with E-state index >= 15 is 0 Å². The van der Waals surface area contributed by atoms with Gasteiger partial charge in [0.1, 0.15) is 11.4 Å². The predicted octanol–water partition coefficient (Wildman–Crippen LogP) is 7.45. The number of piperidine rings is 1. The minimum Gasteiger partial charge on any atom is -0.493 e. The standard InChI is InChI=1S/C43H59N3O5Si/c1-42(2,3)40(51-52(32-15-11-9-12-16-32)33-17-13-10-14-18-33)35-27-31(35)29-48-38-22-20-34-37(44-50-39(34)36(38)28-45(7)8)21-19-30-23-25-46(26-24-30)41(47)49-43(4,5)6/h9-18,20,22,30-31,35,40,52H,19,21,23-29H2,1-8H3. The molecule has 3 atom stereocenters. The van der Waals surface area contributed by atoms with Gasteiger partial charge in [0.15, 0.2) is 5.58 Å². The number of amides is 1.